The second-order valence-corrected chi connectivity index (χ2v) is 6.99. The van der Waals surface area contributed by atoms with Gasteiger partial charge in [0.05, 0.1) is 13.2 Å². The summed E-state index contributed by atoms with van der Waals surface area (Å²) in [4.78, 5) is 12.5. The molecular weight excluding hydrogens is 416 g/mol. The minimum absolute atomic E-state index is 0.106. The Morgan fingerprint density at radius 3 is 1.90 bits per heavy atom. The van der Waals surface area contributed by atoms with Gasteiger partial charge in [-0.2, -0.15) is 0 Å². The number of Topliss-reactive ketones (excluding diaryl/α,β-unsaturated/α-hetero) is 1. The van der Waals surface area contributed by atoms with Crippen LogP contribution in [0.5, 0.6) is 0 Å². The molecule has 8 unspecified atom stereocenters. The van der Waals surface area contributed by atoms with Gasteiger partial charge in [-0.15, -0.1) is 0 Å². The summed E-state index contributed by atoms with van der Waals surface area (Å²) >= 11 is 0. The second kappa shape index (κ2) is 15.2. The van der Waals surface area contributed by atoms with Crippen LogP contribution in [0.3, 0.4) is 0 Å². The highest BCUT2D eigenvalue weighted by atomic mass is 16.7. The van der Waals surface area contributed by atoms with Crippen molar-refractivity contribution in [2.24, 2.45) is 0 Å². The van der Waals surface area contributed by atoms with Crippen LogP contribution in [-0.4, -0.2) is 132 Å². The van der Waals surface area contributed by atoms with Crippen molar-refractivity contribution in [2.75, 3.05) is 76.7 Å². The average Bonchev–Trinajstić information content (AvgIpc) is 2.76. The standard InChI is InChI=1S/C20H38O11/c1-22-9-12(21)15(25-4)16(26-5)13(10-23-2)30-20-19(29-8)18(28-7)17(27-6)14(31-20)11-24-3/h13-20H,9-11H2,1-8H3. The van der Waals surface area contributed by atoms with Gasteiger partial charge in [0, 0.05) is 56.9 Å². The van der Waals surface area contributed by atoms with Crippen LogP contribution in [0.25, 0.3) is 0 Å². The SMILES string of the molecule is COCC(=O)C(OC)C(OC)C(COC)OC1OC(COC)C(OC)C(OC)C1OC. The summed E-state index contributed by atoms with van der Waals surface area (Å²) in [5.74, 6) is -0.291. The van der Waals surface area contributed by atoms with Crippen LogP contribution in [0.15, 0.2) is 0 Å². The smallest absolute Gasteiger partial charge is 0.189 e. The van der Waals surface area contributed by atoms with Crippen molar-refractivity contribution in [1.29, 1.82) is 0 Å². The average molecular weight is 455 g/mol. The summed E-state index contributed by atoms with van der Waals surface area (Å²) in [6.07, 6.45) is -5.39. The molecule has 8 atom stereocenters. The molecule has 1 rings (SSSR count). The number of ketones is 1. The van der Waals surface area contributed by atoms with E-state index < -0.39 is 49.0 Å². The second-order valence-electron chi connectivity index (χ2n) is 6.99. The first-order valence-corrected chi connectivity index (χ1v) is 9.92. The van der Waals surface area contributed by atoms with Crippen LogP contribution in [0, 0.1) is 0 Å². The van der Waals surface area contributed by atoms with Gasteiger partial charge < -0.3 is 47.4 Å². The predicted molar refractivity (Wildman–Crippen MR) is 108 cm³/mol. The Morgan fingerprint density at radius 1 is 0.806 bits per heavy atom. The molecule has 11 nitrogen and oxygen atoms in total. The summed E-state index contributed by atoms with van der Waals surface area (Å²) in [5, 5.41) is 0. The Labute approximate surface area is 184 Å². The number of methoxy groups -OCH3 is 8. The molecule has 0 radical (unpaired) electrons. The zero-order valence-corrected chi connectivity index (χ0v) is 19.7. The van der Waals surface area contributed by atoms with E-state index in [4.69, 9.17) is 47.4 Å². The van der Waals surface area contributed by atoms with Gasteiger partial charge in [-0.05, 0) is 0 Å². The number of rotatable bonds is 16. The Balaban J connectivity index is 3.17. The Kier molecular flexibility index (Phi) is 13.8. The minimum Gasteiger partial charge on any atom is -0.382 e. The first-order chi connectivity index (χ1) is 15.0. The Morgan fingerprint density at radius 2 is 1.45 bits per heavy atom. The lowest BCUT2D eigenvalue weighted by atomic mass is 9.98. The Bertz CT molecular complexity index is 492. The summed E-state index contributed by atoms with van der Waals surface area (Å²) in [6, 6.07) is 0. The molecule has 0 aromatic carbocycles. The van der Waals surface area contributed by atoms with Crippen LogP contribution in [-0.2, 0) is 52.2 Å². The highest BCUT2D eigenvalue weighted by Crippen LogP contribution is 2.30. The molecule has 1 aliphatic rings. The molecule has 11 heteroatoms. The molecule has 1 heterocycles. The van der Waals surface area contributed by atoms with Crippen molar-refractivity contribution in [3.63, 3.8) is 0 Å². The molecule has 0 N–H and O–H groups in total. The highest BCUT2D eigenvalue weighted by Gasteiger charge is 2.49. The third-order valence-corrected chi connectivity index (χ3v) is 5.17. The number of carbonyl (C=O) groups excluding carboxylic acids is 1. The van der Waals surface area contributed by atoms with Crippen LogP contribution in [0.4, 0.5) is 0 Å². The molecule has 0 aromatic heterocycles. The maximum Gasteiger partial charge on any atom is 0.189 e. The van der Waals surface area contributed by atoms with Gasteiger partial charge in [0.25, 0.3) is 0 Å². The lowest BCUT2D eigenvalue weighted by Gasteiger charge is -2.45. The first-order valence-electron chi connectivity index (χ1n) is 9.92. The molecule has 184 valence electrons. The molecule has 1 aliphatic heterocycles. The van der Waals surface area contributed by atoms with E-state index in [9.17, 15) is 4.79 Å². The van der Waals surface area contributed by atoms with E-state index in [2.05, 4.69) is 0 Å². The molecule has 0 saturated carbocycles. The van der Waals surface area contributed by atoms with E-state index in [-0.39, 0.29) is 25.6 Å². The summed E-state index contributed by atoms with van der Waals surface area (Å²) in [7, 11) is 12.0. The number of ether oxygens (including phenoxy) is 10. The van der Waals surface area contributed by atoms with Crippen molar-refractivity contribution in [1.82, 2.24) is 0 Å². The van der Waals surface area contributed by atoms with Gasteiger partial charge in [0.15, 0.2) is 12.1 Å². The van der Waals surface area contributed by atoms with E-state index >= 15 is 0 Å². The molecule has 31 heavy (non-hydrogen) atoms. The largest absolute Gasteiger partial charge is 0.382 e. The number of hydrogen-bond donors (Lipinski definition) is 0. The van der Waals surface area contributed by atoms with E-state index in [1.165, 1.54) is 35.5 Å². The van der Waals surface area contributed by atoms with E-state index in [1.54, 1.807) is 21.3 Å². The fraction of sp³-hybridized carbons (Fsp3) is 0.950. The van der Waals surface area contributed by atoms with Crippen molar-refractivity contribution >= 4 is 5.78 Å². The van der Waals surface area contributed by atoms with Gasteiger partial charge >= 0.3 is 0 Å². The fourth-order valence-electron chi connectivity index (χ4n) is 3.78. The van der Waals surface area contributed by atoms with Crippen molar-refractivity contribution < 1.29 is 52.2 Å². The first kappa shape index (κ1) is 28.3. The number of carbonyl (C=O) groups is 1. The lowest BCUT2D eigenvalue weighted by Crippen LogP contribution is -2.62. The van der Waals surface area contributed by atoms with Crippen LogP contribution < -0.4 is 0 Å². The summed E-state index contributed by atoms with van der Waals surface area (Å²) < 4.78 is 55.8. The van der Waals surface area contributed by atoms with Gasteiger partial charge in [-0.3, -0.25) is 4.79 Å². The monoisotopic (exact) mass is 454 g/mol. The van der Waals surface area contributed by atoms with Crippen LogP contribution in [0.1, 0.15) is 0 Å². The molecule has 0 spiro atoms. The van der Waals surface area contributed by atoms with Gasteiger partial charge in [-0.1, -0.05) is 0 Å². The topological polar surface area (TPSA) is 109 Å². The zero-order chi connectivity index (χ0) is 23.4. The predicted octanol–water partition coefficient (Wildman–Crippen LogP) is -0.320. The molecular formula is C20H38O11. The quantitative estimate of drug-likeness (QED) is 0.306. The molecule has 0 amide bonds. The Hall–Kier alpha value is -0.730. The zero-order valence-electron chi connectivity index (χ0n) is 19.7. The molecule has 1 fully saturated rings. The lowest BCUT2D eigenvalue weighted by molar-refractivity contribution is -0.332. The number of hydrogen-bond acceptors (Lipinski definition) is 11. The normalized spacial score (nSPS) is 29.5. The van der Waals surface area contributed by atoms with E-state index in [1.807, 2.05) is 0 Å². The van der Waals surface area contributed by atoms with E-state index in [0.717, 1.165) is 0 Å². The minimum atomic E-state index is -0.936. The molecule has 0 aliphatic carbocycles. The van der Waals surface area contributed by atoms with Crippen molar-refractivity contribution in [3.05, 3.63) is 0 Å². The van der Waals surface area contributed by atoms with Crippen molar-refractivity contribution in [3.8, 4) is 0 Å². The molecule has 0 aromatic rings. The molecule has 0 bridgehead atoms. The summed E-state index contributed by atoms with van der Waals surface area (Å²) in [6.45, 7) is 0.232. The van der Waals surface area contributed by atoms with Gasteiger partial charge in [-0.25, -0.2) is 0 Å². The van der Waals surface area contributed by atoms with Crippen LogP contribution in [0.2, 0.25) is 0 Å². The fourth-order valence-corrected chi connectivity index (χ4v) is 3.78. The van der Waals surface area contributed by atoms with Crippen molar-refractivity contribution in [2.45, 2.75) is 49.0 Å². The van der Waals surface area contributed by atoms with Gasteiger partial charge in [0.2, 0.25) is 0 Å². The summed E-state index contributed by atoms with van der Waals surface area (Å²) in [5.41, 5.74) is 0. The third-order valence-electron chi connectivity index (χ3n) is 5.17. The third kappa shape index (κ3) is 7.39. The van der Waals surface area contributed by atoms with Crippen LogP contribution >= 0.6 is 0 Å². The van der Waals surface area contributed by atoms with E-state index in [0.29, 0.717) is 0 Å². The highest BCUT2D eigenvalue weighted by molar-refractivity contribution is 5.85. The van der Waals surface area contributed by atoms with Gasteiger partial charge in [0.1, 0.15) is 49.3 Å². The molecule has 1 saturated heterocycles. The maximum atomic E-state index is 12.5. The maximum absolute atomic E-state index is 12.5.